The largest absolute Gasteiger partial charge is 0.414 e. The standard InChI is InChI=1S/C42H66O9Si2/c1-40(2,3)52(7,8)46-28-38-35(51-53(9,10)41(4,5)6)22-32-36(48-38)24-42(43)39(49-32)23-33-34(50-42)21-31(45-26-30-19-15-12-16-20-30)37(47-33)27-44-25-29-17-13-11-14-18-29/h11-20,31-39,43H,21-28H2,1-10H3/t31-,32-,33-,34+,35+,36+,37+,38-,39+,42-/m1/s1. The molecular weight excluding hydrogens is 705 g/mol. The van der Waals surface area contributed by atoms with E-state index in [0.717, 1.165) is 11.1 Å². The molecule has 4 aliphatic heterocycles. The zero-order valence-corrected chi connectivity index (χ0v) is 35.8. The van der Waals surface area contributed by atoms with E-state index in [2.05, 4.69) is 92.0 Å². The van der Waals surface area contributed by atoms with E-state index >= 15 is 0 Å². The summed E-state index contributed by atoms with van der Waals surface area (Å²) in [5.41, 5.74) is 2.20. The maximum absolute atomic E-state index is 12.2. The van der Waals surface area contributed by atoms with Gasteiger partial charge in [0.15, 0.2) is 22.4 Å². The fourth-order valence-corrected chi connectivity index (χ4v) is 9.76. The van der Waals surface area contributed by atoms with Gasteiger partial charge in [0.25, 0.3) is 0 Å². The van der Waals surface area contributed by atoms with Gasteiger partial charge in [0, 0.05) is 25.7 Å². The van der Waals surface area contributed by atoms with Crippen LogP contribution in [0.5, 0.6) is 0 Å². The van der Waals surface area contributed by atoms with Crippen LogP contribution in [0.15, 0.2) is 60.7 Å². The molecule has 53 heavy (non-hydrogen) atoms. The first-order chi connectivity index (χ1) is 24.8. The van der Waals surface area contributed by atoms with Gasteiger partial charge in [0.05, 0.1) is 63.1 Å². The minimum Gasteiger partial charge on any atom is -0.414 e. The fraction of sp³-hybridized carbons (Fsp3) is 0.714. The number of aliphatic hydroxyl groups is 1. The van der Waals surface area contributed by atoms with Crippen molar-refractivity contribution >= 4 is 16.6 Å². The molecule has 0 bridgehead atoms. The average Bonchev–Trinajstić information content (AvgIpc) is 3.08. The van der Waals surface area contributed by atoms with Crippen molar-refractivity contribution in [3.8, 4) is 0 Å². The lowest BCUT2D eigenvalue weighted by Gasteiger charge is -2.57. The molecule has 10 atom stereocenters. The third kappa shape index (κ3) is 9.73. The van der Waals surface area contributed by atoms with Gasteiger partial charge in [-0.05, 0) is 47.4 Å². The second-order valence-corrected chi connectivity index (χ2v) is 28.4. The predicted molar refractivity (Wildman–Crippen MR) is 211 cm³/mol. The fourth-order valence-electron chi connectivity index (χ4n) is 7.39. The summed E-state index contributed by atoms with van der Waals surface area (Å²) < 4.78 is 53.6. The Bertz CT molecular complexity index is 1460. The van der Waals surface area contributed by atoms with E-state index in [4.69, 9.17) is 37.3 Å². The molecule has 0 spiro atoms. The average molecular weight is 771 g/mol. The van der Waals surface area contributed by atoms with Crippen LogP contribution in [0.4, 0.5) is 0 Å². The number of hydrogen-bond acceptors (Lipinski definition) is 9. The highest BCUT2D eigenvalue weighted by Crippen LogP contribution is 2.48. The summed E-state index contributed by atoms with van der Waals surface area (Å²) in [6.45, 7) is 24.5. The molecule has 4 heterocycles. The van der Waals surface area contributed by atoms with E-state index in [0.29, 0.717) is 52.1 Å². The Balaban J connectivity index is 1.16. The number of rotatable bonds is 12. The number of benzene rings is 2. The van der Waals surface area contributed by atoms with Crippen molar-refractivity contribution in [3.63, 3.8) is 0 Å². The van der Waals surface area contributed by atoms with Crippen molar-refractivity contribution in [1.82, 2.24) is 0 Å². The van der Waals surface area contributed by atoms with Gasteiger partial charge in [-0.1, -0.05) is 102 Å². The topological polar surface area (TPSA) is 94.1 Å². The lowest BCUT2D eigenvalue weighted by Crippen LogP contribution is -2.69. The van der Waals surface area contributed by atoms with Crippen LogP contribution in [-0.2, 0) is 50.5 Å². The molecule has 1 N–H and O–H groups in total. The molecule has 0 amide bonds. The molecular formula is C42H66O9Si2. The first-order valence-electron chi connectivity index (χ1n) is 19.8. The third-order valence-electron chi connectivity index (χ3n) is 12.8. The van der Waals surface area contributed by atoms with Crippen molar-refractivity contribution in [2.75, 3.05) is 13.2 Å². The van der Waals surface area contributed by atoms with Crippen LogP contribution in [0, 0.1) is 0 Å². The Hall–Kier alpha value is -1.49. The molecule has 0 aromatic heterocycles. The van der Waals surface area contributed by atoms with Gasteiger partial charge < -0.3 is 42.4 Å². The van der Waals surface area contributed by atoms with Crippen molar-refractivity contribution in [1.29, 1.82) is 0 Å². The van der Waals surface area contributed by atoms with Crippen LogP contribution in [0.25, 0.3) is 0 Å². The van der Waals surface area contributed by atoms with E-state index < -0.39 is 28.5 Å². The summed E-state index contributed by atoms with van der Waals surface area (Å²) in [5, 5.41) is 12.3. The quantitative estimate of drug-likeness (QED) is 0.215. The monoisotopic (exact) mass is 770 g/mol. The van der Waals surface area contributed by atoms with Crippen molar-refractivity contribution < 1.29 is 42.4 Å². The molecule has 4 saturated heterocycles. The SMILES string of the molecule is CC(C)(C)[Si](C)(C)OC[C@H]1O[C@H]2C[C@@]3(O)O[C@H]4C[C@@H](OCc5ccccc5)[C@H](COCc5ccccc5)O[C@@H]4C[C@@H]3O[C@@H]2C[C@@H]1O[Si](C)(C)C(C)(C)C. The first kappa shape index (κ1) is 41.2. The minimum atomic E-state index is -2.15. The van der Waals surface area contributed by atoms with Gasteiger partial charge in [-0.3, -0.25) is 0 Å². The zero-order valence-electron chi connectivity index (χ0n) is 33.8. The van der Waals surface area contributed by atoms with Gasteiger partial charge in [-0.15, -0.1) is 0 Å². The van der Waals surface area contributed by atoms with Gasteiger partial charge >= 0.3 is 0 Å². The zero-order chi connectivity index (χ0) is 38.2. The van der Waals surface area contributed by atoms with Crippen LogP contribution in [0.1, 0.15) is 78.4 Å². The van der Waals surface area contributed by atoms with Crippen LogP contribution in [-0.4, -0.2) is 95.7 Å². The molecule has 0 saturated carbocycles. The Morgan fingerprint density at radius 1 is 0.660 bits per heavy atom. The second kappa shape index (κ2) is 16.2. The van der Waals surface area contributed by atoms with Crippen LogP contribution < -0.4 is 0 Å². The Morgan fingerprint density at radius 2 is 1.21 bits per heavy atom. The Morgan fingerprint density at radius 3 is 1.83 bits per heavy atom. The van der Waals surface area contributed by atoms with Gasteiger partial charge in [0.1, 0.15) is 18.3 Å². The van der Waals surface area contributed by atoms with Crippen LogP contribution in [0.2, 0.25) is 36.3 Å². The summed E-state index contributed by atoms with van der Waals surface area (Å²) in [6, 6.07) is 20.3. The first-order valence-corrected chi connectivity index (χ1v) is 25.6. The highest BCUT2D eigenvalue weighted by atomic mass is 28.4. The van der Waals surface area contributed by atoms with Gasteiger partial charge in [0.2, 0.25) is 0 Å². The molecule has 2 aromatic rings. The van der Waals surface area contributed by atoms with E-state index in [1.807, 2.05) is 36.4 Å². The summed E-state index contributed by atoms with van der Waals surface area (Å²) in [4.78, 5) is 0. The molecule has 4 fully saturated rings. The Kier molecular flexibility index (Phi) is 12.6. The van der Waals surface area contributed by atoms with E-state index in [9.17, 15) is 5.11 Å². The molecule has 2 aromatic carbocycles. The summed E-state index contributed by atoms with van der Waals surface area (Å²) in [5.74, 6) is -1.51. The van der Waals surface area contributed by atoms with E-state index in [1.54, 1.807) is 0 Å². The molecule has 6 rings (SSSR count). The molecule has 0 unspecified atom stereocenters. The van der Waals surface area contributed by atoms with Crippen LogP contribution >= 0.6 is 0 Å². The minimum absolute atomic E-state index is 0.0386. The van der Waals surface area contributed by atoms with E-state index in [-0.39, 0.29) is 58.9 Å². The molecule has 296 valence electrons. The van der Waals surface area contributed by atoms with Crippen LogP contribution in [0.3, 0.4) is 0 Å². The number of fused-ring (bicyclic) bond motifs is 3. The summed E-state index contributed by atoms with van der Waals surface area (Å²) in [7, 11) is -4.20. The maximum Gasteiger partial charge on any atom is 0.195 e. The number of ether oxygens (including phenoxy) is 6. The maximum atomic E-state index is 12.2. The smallest absolute Gasteiger partial charge is 0.195 e. The highest BCUT2D eigenvalue weighted by Gasteiger charge is 2.60. The predicted octanol–water partition coefficient (Wildman–Crippen LogP) is 8.15. The van der Waals surface area contributed by atoms with Gasteiger partial charge in [-0.25, -0.2) is 0 Å². The van der Waals surface area contributed by atoms with Crippen molar-refractivity contribution in [2.24, 2.45) is 0 Å². The molecule has 0 radical (unpaired) electrons. The highest BCUT2D eigenvalue weighted by molar-refractivity contribution is 6.74. The third-order valence-corrected chi connectivity index (χ3v) is 21.8. The second-order valence-electron chi connectivity index (χ2n) is 18.8. The van der Waals surface area contributed by atoms with E-state index in [1.165, 1.54) is 0 Å². The number of hydrogen-bond donors (Lipinski definition) is 1. The lowest BCUT2D eigenvalue weighted by molar-refractivity contribution is -0.395. The molecule has 11 heteroatoms. The summed E-state index contributed by atoms with van der Waals surface area (Å²) in [6.07, 6.45) is -0.732. The Labute approximate surface area is 320 Å². The molecule has 9 nitrogen and oxygen atoms in total. The van der Waals surface area contributed by atoms with Gasteiger partial charge in [-0.2, -0.15) is 0 Å². The molecule has 0 aliphatic carbocycles. The lowest BCUT2D eigenvalue weighted by atomic mass is 9.82. The van der Waals surface area contributed by atoms with Crippen molar-refractivity contribution in [3.05, 3.63) is 71.8 Å². The normalized spacial score (nSPS) is 33.8. The van der Waals surface area contributed by atoms with Crippen molar-refractivity contribution in [2.45, 2.75) is 177 Å². The summed E-state index contributed by atoms with van der Waals surface area (Å²) >= 11 is 0. The molecule has 4 aliphatic rings.